The molecule has 0 unspecified atom stereocenters. The van der Waals surface area contributed by atoms with Gasteiger partial charge in [0.25, 0.3) is 0 Å². The molecule has 3 atom stereocenters. The quantitative estimate of drug-likeness (QED) is 0.545. The number of alkyl halides is 3. The topological polar surface area (TPSA) is 46.1 Å². The second-order valence-electron chi connectivity index (χ2n) is 7.00. The van der Waals surface area contributed by atoms with Gasteiger partial charge in [0.15, 0.2) is 0 Å². The number of nitrogens with zero attached hydrogens (tertiary/aromatic N) is 3. The number of hydrogen-bond acceptors (Lipinski definition) is 4. The lowest BCUT2D eigenvalue weighted by molar-refractivity contribution is -0.145. The summed E-state index contributed by atoms with van der Waals surface area (Å²) in [6.45, 7) is 5.77. The summed E-state index contributed by atoms with van der Waals surface area (Å²) in [5.74, 6) is -1.24. The Bertz CT molecular complexity index is 833. The lowest BCUT2D eigenvalue weighted by Gasteiger charge is -2.40. The Hall–Kier alpha value is -1.83. The zero-order valence-corrected chi connectivity index (χ0v) is 16.3. The molecule has 2 aromatic rings. The minimum atomic E-state index is -4.64. The Morgan fingerprint density at radius 1 is 1.19 bits per heavy atom. The molecule has 1 aliphatic heterocycles. The van der Waals surface area contributed by atoms with Crippen molar-refractivity contribution in [3.05, 3.63) is 30.1 Å². The number of thioether (sulfide) groups is 1. The summed E-state index contributed by atoms with van der Waals surface area (Å²) in [7, 11) is 0. The van der Waals surface area contributed by atoms with Crippen molar-refractivity contribution in [1.29, 1.82) is 0 Å². The molecule has 0 aliphatic carbocycles. The Morgan fingerprint density at radius 2 is 1.81 bits per heavy atom. The number of benzene rings is 1. The number of halogens is 3. The van der Waals surface area contributed by atoms with Crippen LogP contribution >= 0.6 is 11.8 Å². The van der Waals surface area contributed by atoms with Gasteiger partial charge >= 0.3 is 6.18 Å². The van der Waals surface area contributed by atoms with Crippen molar-refractivity contribution in [3.63, 3.8) is 0 Å². The zero-order valence-electron chi connectivity index (χ0n) is 15.5. The van der Waals surface area contributed by atoms with Crippen molar-refractivity contribution < 1.29 is 18.0 Å². The number of likely N-dealkylation sites (tertiary alicyclic amines) is 1. The second-order valence-corrected chi connectivity index (χ2v) is 8.33. The summed E-state index contributed by atoms with van der Waals surface area (Å²) in [6, 6.07) is 6.84. The van der Waals surface area contributed by atoms with Gasteiger partial charge in [-0.3, -0.25) is 4.79 Å². The number of carbonyl (C=O) groups is 1. The van der Waals surface area contributed by atoms with Gasteiger partial charge in [0.05, 0.1) is 10.8 Å². The molecule has 1 aliphatic rings. The number of hydrogen-bond donors (Lipinski definition) is 0. The van der Waals surface area contributed by atoms with Crippen molar-refractivity contribution in [2.75, 3.05) is 0 Å². The molecular weight excluding hydrogens is 375 g/mol. The Balaban J connectivity index is 1.92. The molecule has 1 fully saturated rings. The van der Waals surface area contributed by atoms with Crippen LogP contribution in [0.1, 0.15) is 45.9 Å². The Kier molecular flexibility index (Phi) is 5.65. The number of carbonyl (C=O) groups excluding carboxylic acids is 1. The van der Waals surface area contributed by atoms with E-state index in [0.29, 0.717) is 5.39 Å². The second kappa shape index (κ2) is 7.66. The predicted octanol–water partition coefficient (Wildman–Crippen LogP) is 4.92. The van der Waals surface area contributed by atoms with Crippen molar-refractivity contribution >= 4 is 28.6 Å². The number of fused-ring (bicyclic) bond motifs is 1. The van der Waals surface area contributed by atoms with E-state index in [1.54, 1.807) is 25.1 Å². The van der Waals surface area contributed by atoms with Crippen LogP contribution in [0.4, 0.5) is 13.2 Å². The van der Waals surface area contributed by atoms with Crippen LogP contribution in [0, 0.1) is 0 Å². The number of aromatic nitrogens is 2. The van der Waals surface area contributed by atoms with E-state index < -0.39 is 17.3 Å². The van der Waals surface area contributed by atoms with Gasteiger partial charge in [-0.15, -0.1) is 0 Å². The molecule has 4 nitrogen and oxygen atoms in total. The number of piperidine rings is 1. The molecule has 27 heavy (non-hydrogen) atoms. The lowest BCUT2D eigenvalue weighted by Crippen LogP contribution is -2.50. The van der Waals surface area contributed by atoms with Crippen LogP contribution in [0.15, 0.2) is 29.3 Å². The first-order valence-corrected chi connectivity index (χ1v) is 9.89. The first kappa shape index (κ1) is 19.9. The molecule has 0 radical (unpaired) electrons. The molecule has 0 N–H and O–H groups in total. The normalized spacial score (nSPS) is 22.1. The smallest absolute Gasteiger partial charge is 0.336 e. The summed E-state index contributed by atoms with van der Waals surface area (Å²) in [5, 5.41) is 0.174. The van der Waals surface area contributed by atoms with Crippen molar-refractivity contribution in [2.45, 2.75) is 68.6 Å². The lowest BCUT2D eigenvalue weighted by atomic mass is 9.97. The van der Waals surface area contributed by atoms with E-state index in [1.807, 2.05) is 18.7 Å². The number of amides is 1. The standard InChI is InChI=1S/C19H22F3N3OS/c1-11-7-6-8-12(2)25(11)17(26)13(3)27-16-14-9-4-5-10-15(14)23-18(24-16)19(20,21)22/h4-5,9-13H,6-8H2,1-3H3/t11-,12-,13+/m1/s1. The maximum absolute atomic E-state index is 13.2. The van der Waals surface area contributed by atoms with Crippen LogP contribution in [0.3, 0.4) is 0 Å². The fourth-order valence-corrected chi connectivity index (χ4v) is 4.54. The van der Waals surface area contributed by atoms with Crippen LogP contribution in [0.25, 0.3) is 10.9 Å². The third-order valence-electron chi connectivity index (χ3n) is 4.91. The van der Waals surface area contributed by atoms with Gasteiger partial charge in [0.1, 0.15) is 5.03 Å². The van der Waals surface area contributed by atoms with Crippen LogP contribution in [-0.2, 0) is 11.0 Å². The number of para-hydroxylation sites is 1. The molecule has 0 bridgehead atoms. The van der Waals surface area contributed by atoms with Gasteiger partial charge < -0.3 is 4.90 Å². The number of rotatable bonds is 3. The third-order valence-corrected chi connectivity index (χ3v) is 6.00. The summed E-state index contributed by atoms with van der Waals surface area (Å²) >= 11 is 1.07. The van der Waals surface area contributed by atoms with Crippen molar-refractivity contribution in [2.24, 2.45) is 0 Å². The molecule has 0 spiro atoms. The third kappa shape index (κ3) is 4.20. The van der Waals surface area contributed by atoms with E-state index in [9.17, 15) is 18.0 Å². The maximum atomic E-state index is 13.2. The molecular formula is C19H22F3N3OS. The average Bonchev–Trinajstić information content (AvgIpc) is 2.60. The van der Waals surface area contributed by atoms with Crippen molar-refractivity contribution in [3.8, 4) is 0 Å². The Morgan fingerprint density at radius 3 is 2.44 bits per heavy atom. The first-order valence-electron chi connectivity index (χ1n) is 9.01. The minimum absolute atomic E-state index is 0.0593. The largest absolute Gasteiger partial charge is 0.451 e. The SMILES string of the molecule is C[C@H](Sc1nc(C(F)(F)F)nc2ccccc12)C(=O)N1[C@H](C)CCC[C@H]1C. The van der Waals surface area contributed by atoms with Gasteiger partial charge in [0.2, 0.25) is 11.7 Å². The van der Waals surface area contributed by atoms with Gasteiger partial charge in [-0.25, -0.2) is 9.97 Å². The summed E-state index contributed by atoms with van der Waals surface area (Å²) in [4.78, 5) is 22.2. The molecule has 2 heterocycles. The van der Waals surface area contributed by atoms with Gasteiger partial charge in [-0.2, -0.15) is 13.2 Å². The molecule has 1 amide bonds. The predicted molar refractivity (Wildman–Crippen MR) is 99.5 cm³/mol. The molecule has 1 aromatic heterocycles. The summed E-state index contributed by atoms with van der Waals surface area (Å²) in [5.41, 5.74) is 0.224. The monoisotopic (exact) mass is 397 g/mol. The first-order chi connectivity index (χ1) is 12.7. The minimum Gasteiger partial charge on any atom is -0.336 e. The highest BCUT2D eigenvalue weighted by Gasteiger charge is 2.37. The molecule has 1 saturated heterocycles. The van der Waals surface area contributed by atoms with E-state index in [1.165, 1.54) is 6.07 Å². The Labute approximate surface area is 160 Å². The van der Waals surface area contributed by atoms with Gasteiger partial charge in [-0.1, -0.05) is 30.0 Å². The fourth-order valence-electron chi connectivity index (χ4n) is 3.55. The van der Waals surface area contributed by atoms with E-state index in [-0.39, 0.29) is 28.5 Å². The van der Waals surface area contributed by atoms with Crippen LogP contribution in [0.2, 0.25) is 0 Å². The highest BCUT2D eigenvalue weighted by atomic mass is 32.2. The molecule has 3 rings (SSSR count). The van der Waals surface area contributed by atoms with Crippen molar-refractivity contribution in [1.82, 2.24) is 14.9 Å². The zero-order chi connectivity index (χ0) is 19.8. The molecule has 146 valence electrons. The highest BCUT2D eigenvalue weighted by molar-refractivity contribution is 8.00. The van der Waals surface area contributed by atoms with Gasteiger partial charge in [0, 0.05) is 17.5 Å². The van der Waals surface area contributed by atoms with Crippen LogP contribution < -0.4 is 0 Å². The fraction of sp³-hybridized carbons (Fsp3) is 0.526. The molecule has 1 aromatic carbocycles. The summed E-state index contributed by atoms with van der Waals surface area (Å²) in [6.07, 6.45) is -1.66. The summed E-state index contributed by atoms with van der Waals surface area (Å²) < 4.78 is 39.5. The highest BCUT2D eigenvalue weighted by Crippen LogP contribution is 2.35. The van der Waals surface area contributed by atoms with Crippen LogP contribution in [-0.4, -0.2) is 38.1 Å². The van der Waals surface area contributed by atoms with Gasteiger partial charge in [-0.05, 0) is 46.1 Å². The molecule has 8 heteroatoms. The maximum Gasteiger partial charge on any atom is 0.451 e. The molecule has 0 saturated carbocycles. The average molecular weight is 397 g/mol. The van der Waals surface area contributed by atoms with Crippen LogP contribution in [0.5, 0.6) is 0 Å². The van der Waals surface area contributed by atoms with E-state index in [4.69, 9.17) is 0 Å². The van der Waals surface area contributed by atoms with E-state index in [2.05, 4.69) is 9.97 Å². The van der Waals surface area contributed by atoms with E-state index in [0.717, 1.165) is 31.0 Å². The van der Waals surface area contributed by atoms with E-state index >= 15 is 0 Å².